The Bertz CT molecular complexity index is 314. The largest absolute Gasteiger partial charge is 0.395 e. The average Bonchev–Trinajstić information content (AvgIpc) is 2.30. The molecule has 0 radical (unpaired) electrons. The Morgan fingerprint density at radius 3 is 2.47 bits per heavy atom. The van der Waals surface area contributed by atoms with Crippen LogP contribution in [0.1, 0.15) is 5.69 Å². The second-order valence-corrected chi connectivity index (χ2v) is 3.88. The van der Waals surface area contributed by atoms with Crippen LogP contribution in [0.15, 0.2) is 18.2 Å². The second-order valence-electron chi connectivity index (χ2n) is 3.88. The Morgan fingerprint density at radius 1 is 1.18 bits per heavy atom. The van der Waals surface area contributed by atoms with Gasteiger partial charge in [-0.2, -0.15) is 0 Å². The molecule has 1 aromatic heterocycles. The number of hydrogen-bond donors (Lipinski definition) is 3. The molecular weight excluding hydrogens is 218 g/mol. The van der Waals surface area contributed by atoms with E-state index in [4.69, 9.17) is 10.2 Å². The van der Waals surface area contributed by atoms with Crippen molar-refractivity contribution in [1.29, 1.82) is 0 Å². The van der Waals surface area contributed by atoms with Gasteiger partial charge in [0.25, 0.3) is 0 Å². The van der Waals surface area contributed by atoms with Crippen molar-refractivity contribution in [3.05, 3.63) is 23.9 Å². The van der Waals surface area contributed by atoms with Gasteiger partial charge in [-0.05, 0) is 19.1 Å². The van der Waals surface area contributed by atoms with Gasteiger partial charge in [0, 0.05) is 31.9 Å². The molecule has 5 heteroatoms. The summed E-state index contributed by atoms with van der Waals surface area (Å²) in [6.45, 7) is 4.88. The molecule has 1 rings (SSSR count). The lowest BCUT2D eigenvalue weighted by molar-refractivity contribution is 0.165. The quantitative estimate of drug-likeness (QED) is 0.600. The van der Waals surface area contributed by atoms with Crippen molar-refractivity contribution in [3.63, 3.8) is 0 Å². The van der Waals surface area contributed by atoms with Crippen LogP contribution < -0.4 is 5.32 Å². The molecule has 0 aromatic carbocycles. The number of hydrogen-bond acceptors (Lipinski definition) is 5. The number of rotatable bonds is 8. The molecule has 3 N–H and O–H groups in total. The van der Waals surface area contributed by atoms with Gasteiger partial charge in [0.05, 0.1) is 13.2 Å². The number of aliphatic hydroxyl groups excluding tert-OH is 2. The van der Waals surface area contributed by atoms with Gasteiger partial charge in [-0.3, -0.25) is 4.90 Å². The Kier molecular flexibility index (Phi) is 6.54. The Morgan fingerprint density at radius 2 is 1.88 bits per heavy atom. The molecule has 0 aliphatic heterocycles. The fraction of sp³-hybridized carbons (Fsp3) is 0.583. The third-order valence-electron chi connectivity index (χ3n) is 2.45. The highest BCUT2D eigenvalue weighted by Crippen LogP contribution is 2.03. The zero-order valence-corrected chi connectivity index (χ0v) is 10.3. The molecule has 0 spiro atoms. The van der Waals surface area contributed by atoms with Crippen LogP contribution in [0.2, 0.25) is 0 Å². The lowest BCUT2D eigenvalue weighted by Gasteiger charge is -2.20. The van der Waals surface area contributed by atoms with Crippen LogP contribution in [0, 0.1) is 6.92 Å². The van der Waals surface area contributed by atoms with Gasteiger partial charge >= 0.3 is 0 Å². The van der Waals surface area contributed by atoms with E-state index in [0.29, 0.717) is 13.1 Å². The predicted molar refractivity (Wildman–Crippen MR) is 68.1 cm³/mol. The van der Waals surface area contributed by atoms with E-state index in [2.05, 4.69) is 10.3 Å². The Balaban J connectivity index is 2.30. The number of aryl methyl sites for hydroxylation is 1. The SMILES string of the molecule is Cc1cccc(NCCN(CCO)CCO)n1. The maximum Gasteiger partial charge on any atom is 0.126 e. The molecule has 0 saturated heterocycles. The first-order valence-corrected chi connectivity index (χ1v) is 5.88. The van der Waals surface area contributed by atoms with Crippen molar-refractivity contribution in [1.82, 2.24) is 9.88 Å². The van der Waals surface area contributed by atoms with Crippen LogP contribution in [-0.2, 0) is 0 Å². The van der Waals surface area contributed by atoms with Crippen molar-refractivity contribution in [2.45, 2.75) is 6.92 Å². The molecule has 17 heavy (non-hydrogen) atoms. The van der Waals surface area contributed by atoms with Gasteiger partial charge in [-0.15, -0.1) is 0 Å². The maximum absolute atomic E-state index is 8.86. The minimum Gasteiger partial charge on any atom is -0.395 e. The van der Waals surface area contributed by atoms with E-state index in [1.54, 1.807) is 0 Å². The van der Waals surface area contributed by atoms with Crippen LogP contribution >= 0.6 is 0 Å². The summed E-state index contributed by atoms with van der Waals surface area (Å²) in [7, 11) is 0. The molecule has 0 bridgehead atoms. The van der Waals surface area contributed by atoms with Crippen molar-refractivity contribution >= 4 is 5.82 Å². The second kappa shape index (κ2) is 8.00. The monoisotopic (exact) mass is 239 g/mol. The molecule has 0 atom stereocenters. The lowest BCUT2D eigenvalue weighted by Crippen LogP contribution is -2.34. The van der Waals surface area contributed by atoms with E-state index in [9.17, 15) is 0 Å². The Labute approximate surface area is 102 Å². The summed E-state index contributed by atoms with van der Waals surface area (Å²) in [5.41, 5.74) is 0.984. The summed E-state index contributed by atoms with van der Waals surface area (Å²) < 4.78 is 0. The number of aromatic nitrogens is 1. The predicted octanol–water partition coefficient (Wildman–Crippen LogP) is 0.0885. The normalized spacial score (nSPS) is 10.8. The highest BCUT2D eigenvalue weighted by Gasteiger charge is 2.02. The number of nitrogens with one attached hydrogen (secondary N) is 1. The number of aliphatic hydroxyl groups is 2. The molecule has 5 nitrogen and oxygen atoms in total. The van der Waals surface area contributed by atoms with Crippen LogP contribution in [0.4, 0.5) is 5.82 Å². The zero-order chi connectivity index (χ0) is 12.5. The summed E-state index contributed by atoms with van der Waals surface area (Å²) in [6, 6.07) is 5.84. The minimum absolute atomic E-state index is 0.114. The molecule has 96 valence electrons. The van der Waals surface area contributed by atoms with Crippen LogP contribution in [0.5, 0.6) is 0 Å². The first-order valence-electron chi connectivity index (χ1n) is 5.88. The van der Waals surface area contributed by atoms with Crippen molar-refractivity contribution in [3.8, 4) is 0 Å². The van der Waals surface area contributed by atoms with Crippen LogP contribution in [-0.4, -0.2) is 59.5 Å². The fourth-order valence-corrected chi connectivity index (χ4v) is 1.60. The zero-order valence-electron chi connectivity index (χ0n) is 10.3. The van der Waals surface area contributed by atoms with E-state index in [1.807, 2.05) is 30.0 Å². The minimum atomic E-state index is 0.114. The molecule has 1 aromatic rings. The molecule has 0 fully saturated rings. The lowest BCUT2D eigenvalue weighted by atomic mass is 10.3. The van der Waals surface area contributed by atoms with E-state index in [1.165, 1.54) is 0 Å². The third kappa shape index (κ3) is 5.63. The first kappa shape index (κ1) is 13.9. The van der Waals surface area contributed by atoms with Gasteiger partial charge < -0.3 is 15.5 Å². The van der Waals surface area contributed by atoms with Gasteiger partial charge in [-0.1, -0.05) is 6.07 Å². The van der Waals surface area contributed by atoms with Crippen molar-refractivity contribution < 1.29 is 10.2 Å². The molecule has 0 unspecified atom stereocenters. The first-order chi connectivity index (χ1) is 8.26. The fourth-order valence-electron chi connectivity index (χ4n) is 1.60. The van der Waals surface area contributed by atoms with Crippen molar-refractivity contribution in [2.24, 2.45) is 0 Å². The molecular formula is C12H21N3O2. The van der Waals surface area contributed by atoms with E-state index in [0.717, 1.165) is 24.6 Å². The smallest absolute Gasteiger partial charge is 0.126 e. The van der Waals surface area contributed by atoms with Crippen molar-refractivity contribution in [2.75, 3.05) is 44.7 Å². The third-order valence-corrected chi connectivity index (χ3v) is 2.45. The van der Waals surface area contributed by atoms with Gasteiger partial charge in [-0.25, -0.2) is 4.98 Å². The maximum atomic E-state index is 8.86. The highest BCUT2D eigenvalue weighted by atomic mass is 16.3. The van der Waals surface area contributed by atoms with Crippen LogP contribution in [0.25, 0.3) is 0 Å². The van der Waals surface area contributed by atoms with E-state index >= 15 is 0 Å². The summed E-state index contributed by atoms with van der Waals surface area (Å²) in [5, 5.41) is 20.9. The Hall–Kier alpha value is -1.17. The molecule has 0 aliphatic rings. The molecule has 0 aliphatic carbocycles. The standard InChI is InChI=1S/C12H21N3O2/c1-11-3-2-4-12(14-11)13-5-6-15(7-9-16)8-10-17/h2-4,16-17H,5-10H2,1H3,(H,13,14). The van der Waals surface area contributed by atoms with E-state index in [-0.39, 0.29) is 13.2 Å². The highest BCUT2D eigenvalue weighted by molar-refractivity contribution is 5.34. The number of pyridine rings is 1. The number of nitrogens with zero attached hydrogens (tertiary/aromatic N) is 2. The van der Waals surface area contributed by atoms with Gasteiger partial charge in [0.2, 0.25) is 0 Å². The summed E-state index contributed by atoms with van der Waals surface area (Å²) in [6.07, 6.45) is 0. The van der Waals surface area contributed by atoms with Gasteiger partial charge in [0.1, 0.15) is 5.82 Å². The molecule has 0 amide bonds. The van der Waals surface area contributed by atoms with E-state index < -0.39 is 0 Å². The summed E-state index contributed by atoms with van der Waals surface area (Å²) >= 11 is 0. The van der Waals surface area contributed by atoms with Gasteiger partial charge in [0.15, 0.2) is 0 Å². The summed E-state index contributed by atoms with van der Waals surface area (Å²) in [4.78, 5) is 6.34. The summed E-state index contributed by atoms with van der Waals surface area (Å²) in [5.74, 6) is 0.859. The molecule has 1 heterocycles. The van der Waals surface area contributed by atoms with Crippen LogP contribution in [0.3, 0.4) is 0 Å². The molecule has 0 saturated carbocycles. The topological polar surface area (TPSA) is 68.6 Å². The average molecular weight is 239 g/mol. The number of anilines is 1.